The van der Waals surface area contributed by atoms with Gasteiger partial charge in [0.15, 0.2) is 0 Å². The highest BCUT2D eigenvalue weighted by Crippen LogP contribution is 2.43. The van der Waals surface area contributed by atoms with Crippen molar-refractivity contribution in [3.05, 3.63) is 35.9 Å². The first-order valence-corrected chi connectivity index (χ1v) is 7.02. The third-order valence-electron chi connectivity index (χ3n) is 3.88. The van der Waals surface area contributed by atoms with Crippen LogP contribution in [0.4, 0.5) is 0 Å². The summed E-state index contributed by atoms with van der Waals surface area (Å²) in [5.74, 6) is 0.168. The molecule has 0 aliphatic heterocycles. The number of nitrogens with two attached hydrogens (primary N) is 1. The van der Waals surface area contributed by atoms with Crippen LogP contribution in [0.15, 0.2) is 30.3 Å². The van der Waals surface area contributed by atoms with Crippen molar-refractivity contribution < 1.29 is 4.79 Å². The quantitative estimate of drug-likeness (QED) is 0.853. The van der Waals surface area contributed by atoms with E-state index < -0.39 is 0 Å². The SMILES string of the molecule is CC(C)(N)CNC(=O)C1(Cc2ccccc2)CCC1. The minimum Gasteiger partial charge on any atom is -0.354 e. The van der Waals surface area contributed by atoms with Crippen LogP contribution in [0, 0.1) is 5.41 Å². The predicted molar refractivity (Wildman–Crippen MR) is 77.7 cm³/mol. The minimum atomic E-state index is -0.354. The number of hydrogen-bond donors (Lipinski definition) is 2. The van der Waals surface area contributed by atoms with E-state index >= 15 is 0 Å². The first-order valence-electron chi connectivity index (χ1n) is 7.02. The molecule has 1 amide bonds. The van der Waals surface area contributed by atoms with Gasteiger partial charge >= 0.3 is 0 Å². The standard InChI is InChI=1S/C16H24N2O/c1-15(2,17)12-18-14(19)16(9-6-10-16)11-13-7-4-3-5-8-13/h3-5,7-8H,6,9-12,17H2,1-2H3,(H,18,19). The van der Waals surface area contributed by atoms with Crippen molar-refractivity contribution in [1.29, 1.82) is 0 Å². The number of carbonyl (C=O) groups is 1. The molecule has 3 N–H and O–H groups in total. The van der Waals surface area contributed by atoms with Crippen molar-refractivity contribution in [3.63, 3.8) is 0 Å². The molecule has 1 aliphatic carbocycles. The lowest BCUT2D eigenvalue weighted by Crippen LogP contribution is -2.52. The van der Waals surface area contributed by atoms with Crippen LogP contribution in [0.25, 0.3) is 0 Å². The molecule has 0 radical (unpaired) electrons. The van der Waals surface area contributed by atoms with Crippen molar-refractivity contribution in [2.24, 2.45) is 11.1 Å². The largest absolute Gasteiger partial charge is 0.354 e. The molecule has 1 aliphatic rings. The summed E-state index contributed by atoms with van der Waals surface area (Å²) < 4.78 is 0. The van der Waals surface area contributed by atoms with E-state index in [-0.39, 0.29) is 16.9 Å². The molecule has 1 fully saturated rings. The van der Waals surface area contributed by atoms with Gasteiger partial charge in [-0.1, -0.05) is 36.8 Å². The molecule has 0 bridgehead atoms. The van der Waals surface area contributed by atoms with Gasteiger partial charge in [-0.3, -0.25) is 4.79 Å². The van der Waals surface area contributed by atoms with Crippen LogP contribution in [0.2, 0.25) is 0 Å². The fourth-order valence-electron chi connectivity index (χ4n) is 2.57. The van der Waals surface area contributed by atoms with Gasteiger partial charge in [-0.2, -0.15) is 0 Å². The molecule has 1 aromatic rings. The Labute approximate surface area is 115 Å². The first kappa shape index (κ1) is 14.1. The summed E-state index contributed by atoms with van der Waals surface area (Å²) in [6, 6.07) is 10.3. The predicted octanol–water partition coefficient (Wildman–Crippen LogP) is 2.25. The first-order chi connectivity index (χ1) is 8.91. The number of hydrogen-bond acceptors (Lipinski definition) is 2. The van der Waals surface area contributed by atoms with Crippen LogP contribution in [-0.2, 0) is 11.2 Å². The molecule has 0 aromatic heterocycles. The van der Waals surface area contributed by atoms with Crippen LogP contribution >= 0.6 is 0 Å². The van der Waals surface area contributed by atoms with Crippen molar-refractivity contribution in [2.75, 3.05) is 6.54 Å². The topological polar surface area (TPSA) is 55.1 Å². The van der Waals surface area contributed by atoms with E-state index in [1.54, 1.807) is 0 Å². The molecule has 19 heavy (non-hydrogen) atoms. The Morgan fingerprint density at radius 3 is 2.42 bits per heavy atom. The molecule has 0 atom stereocenters. The van der Waals surface area contributed by atoms with Crippen LogP contribution < -0.4 is 11.1 Å². The van der Waals surface area contributed by atoms with Gasteiger partial charge in [0.25, 0.3) is 0 Å². The molecule has 0 heterocycles. The van der Waals surface area contributed by atoms with Crippen molar-refractivity contribution >= 4 is 5.91 Å². The molecule has 0 spiro atoms. The van der Waals surface area contributed by atoms with E-state index in [1.807, 2.05) is 32.0 Å². The molecule has 2 rings (SSSR count). The van der Waals surface area contributed by atoms with Gasteiger partial charge in [0.2, 0.25) is 5.91 Å². The van der Waals surface area contributed by atoms with E-state index in [1.165, 1.54) is 5.56 Å². The van der Waals surface area contributed by atoms with Crippen molar-refractivity contribution in [1.82, 2.24) is 5.32 Å². The van der Waals surface area contributed by atoms with Crippen molar-refractivity contribution in [2.45, 2.75) is 45.1 Å². The van der Waals surface area contributed by atoms with Gasteiger partial charge in [0, 0.05) is 12.1 Å². The van der Waals surface area contributed by atoms with Gasteiger partial charge < -0.3 is 11.1 Å². The Hall–Kier alpha value is -1.35. The highest BCUT2D eigenvalue weighted by Gasteiger charge is 2.44. The summed E-state index contributed by atoms with van der Waals surface area (Å²) in [6.45, 7) is 4.39. The van der Waals surface area contributed by atoms with Crippen LogP contribution in [0.5, 0.6) is 0 Å². The summed E-state index contributed by atoms with van der Waals surface area (Å²) >= 11 is 0. The van der Waals surface area contributed by atoms with Crippen LogP contribution in [-0.4, -0.2) is 18.0 Å². The minimum absolute atomic E-state index is 0.168. The highest BCUT2D eigenvalue weighted by molar-refractivity contribution is 5.84. The van der Waals surface area contributed by atoms with Gasteiger partial charge in [-0.05, 0) is 38.7 Å². The Morgan fingerprint density at radius 2 is 1.95 bits per heavy atom. The van der Waals surface area contributed by atoms with Gasteiger partial charge in [0.05, 0.1) is 5.41 Å². The Bertz CT molecular complexity index is 430. The zero-order chi connectivity index (χ0) is 13.9. The van der Waals surface area contributed by atoms with Crippen LogP contribution in [0.3, 0.4) is 0 Å². The zero-order valence-electron chi connectivity index (χ0n) is 11.9. The van der Waals surface area contributed by atoms with E-state index in [4.69, 9.17) is 5.73 Å². The van der Waals surface area contributed by atoms with Gasteiger partial charge in [-0.15, -0.1) is 0 Å². The van der Waals surface area contributed by atoms with Gasteiger partial charge in [0.1, 0.15) is 0 Å². The summed E-state index contributed by atoms with van der Waals surface area (Å²) in [6.07, 6.45) is 3.95. The van der Waals surface area contributed by atoms with E-state index in [2.05, 4.69) is 17.4 Å². The van der Waals surface area contributed by atoms with E-state index in [9.17, 15) is 4.79 Å². The molecular formula is C16H24N2O. The lowest BCUT2D eigenvalue weighted by atomic mass is 9.64. The lowest BCUT2D eigenvalue weighted by Gasteiger charge is -2.41. The monoisotopic (exact) mass is 260 g/mol. The highest BCUT2D eigenvalue weighted by atomic mass is 16.2. The second-order valence-electron chi connectivity index (χ2n) is 6.47. The Morgan fingerprint density at radius 1 is 1.32 bits per heavy atom. The average Bonchev–Trinajstić information content (AvgIpc) is 2.31. The number of rotatable bonds is 5. The second-order valence-corrected chi connectivity index (χ2v) is 6.47. The maximum atomic E-state index is 12.4. The fraction of sp³-hybridized carbons (Fsp3) is 0.562. The summed E-state index contributed by atoms with van der Waals surface area (Å²) in [4.78, 5) is 12.4. The maximum Gasteiger partial charge on any atom is 0.226 e. The summed E-state index contributed by atoms with van der Waals surface area (Å²) in [5.41, 5.74) is 6.61. The van der Waals surface area contributed by atoms with Crippen LogP contribution in [0.1, 0.15) is 38.7 Å². The number of nitrogens with one attached hydrogen (secondary N) is 1. The molecule has 1 aromatic carbocycles. The molecule has 104 valence electrons. The molecule has 1 saturated carbocycles. The van der Waals surface area contributed by atoms with E-state index in [0.717, 1.165) is 25.7 Å². The van der Waals surface area contributed by atoms with E-state index in [0.29, 0.717) is 6.54 Å². The number of carbonyl (C=O) groups excluding carboxylic acids is 1. The third kappa shape index (κ3) is 3.57. The zero-order valence-corrected chi connectivity index (χ0v) is 11.9. The summed E-state index contributed by atoms with van der Waals surface area (Å²) in [5, 5.41) is 3.02. The Kier molecular flexibility index (Phi) is 3.95. The maximum absolute atomic E-state index is 12.4. The fourth-order valence-corrected chi connectivity index (χ4v) is 2.57. The average molecular weight is 260 g/mol. The third-order valence-corrected chi connectivity index (χ3v) is 3.88. The molecule has 3 nitrogen and oxygen atoms in total. The molecule has 0 unspecified atom stereocenters. The van der Waals surface area contributed by atoms with Crippen molar-refractivity contribution in [3.8, 4) is 0 Å². The smallest absolute Gasteiger partial charge is 0.226 e. The summed E-state index contributed by atoms with van der Waals surface area (Å²) in [7, 11) is 0. The Balaban J connectivity index is 2.00. The number of benzene rings is 1. The normalized spacial score (nSPS) is 17.6. The molecule has 0 saturated heterocycles. The van der Waals surface area contributed by atoms with Gasteiger partial charge in [-0.25, -0.2) is 0 Å². The second kappa shape index (κ2) is 5.33. The number of amides is 1. The lowest BCUT2D eigenvalue weighted by molar-refractivity contribution is -0.136. The molecule has 3 heteroatoms. The molecular weight excluding hydrogens is 236 g/mol.